The van der Waals surface area contributed by atoms with E-state index in [4.69, 9.17) is 4.74 Å². The zero-order valence-electron chi connectivity index (χ0n) is 11.1. The molecule has 0 fully saturated rings. The first-order valence-electron chi connectivity index (χ1n) is 6.47. The molecule has 2 aromatic rings. The smallest absolute Gasteiger partial charge is 0.126 e. The highest BCUT2D eigenvalue weighted by molar-refractivity contribution is 5.40. The van der Waals surface area contributed by atoms with Crippen LogP contribution in [0.15, 0.2) is 42.5 Å². The van der Waals surface area contributed by atoms with E-state index in [1.165, 1.54) is 0 Å². The van der Waals surface area contributed by atoms with E-state index in [1.54, 1.807) is 24.3 Å². The van der Waals surface area contributed by atoms with Crippen molar-refractivity contribution in [3.8, 4) is 5.75 Å². The fourth-order valence-corrected chi connectivity index (χ4v) is 1.96. The van der Waals surface area contributed by atoms with Crippen molar-refractivity contribution in [3.05, 3.63) is 65.2 Å². The van der Waals surface area contributed by atoms with Gasteiger partial charge in [0.1, 0.15) is 23.5 Å². The molecule has 0 amide bonds. The van der Waals surface area contributed by atoms with Gasteiger partial charge in [0.2, 0.25) is 0 Å². The molecule has 0 heterocycles. The summed E-state index contributed by atoms with van der Waals surface area (Å²) in [6.45, 7) is 2.49. The summed E-state index contributed by atoms with van der Waals surface area (Å²) in [6.07, 6.45) is -0.299. The molecule has 0 aliphatic carbocycles. The van der Waals surface area contributed by atoms with Gasteiger partial charge in [-0.05, 0) is 30.2 Å². The average Bonchev–Trinajstić information content (AvgIpc) is 2.43. The lowest BCUT2D eigenvalue weighted by atomic mass is 10.0. The number of rotatable bonds is 5. The number of benzene rings is 2. The summed E-state index contributed by atoms with van der Waals surface area (Å²) >= 11 is 0. The first-order chi connectivity index (χ1) is 9.61. The molecule has 0 aromatic heterocycles. The molecule has 20 heavy (non-hydrogen) atoms. The van der Waals surface area contributed by atoms with Gasteiger partial charge in [0.05, 0.1) is 6.61 Å². The number of aliphatic hydroxyl groups is 1. The van der Waals surface area contributed by atoms with E-state index in [1.807, 2.05) is 6.92 Å². The van der Waals surface area contributed by atoms with E-state index in [2.05, 4.69) is 0 Å². The molecule has 1 unspecified atom stereocenters. The lowest BCUT2D eigenvalue weighted by Crippen LogP contribution is -2.05. The Morgan fingerprint density at radius 1 is 1.10 bits per heavy atom. The van der Waals surface area contributed by atoms with Gasteiger partial charge in [-0.3, -0.25) is 0 Å². The van der Waals surface area contributed by atoms with Crippen molar-refractivity contribution in [1.82, 2.24) is 0 Å². The maximum Gasteiger partial charge on any atom is 0.126 e. The Bertz CT molecular complexity index is 564. The maximum atomic E-state index is 13.2. The highest BCUT2D eigenvalue weighted by Crippen LogP contribution is 2.30. The molecule has 1 atom stereocenters. The van der Waals surface area contributed by atoms with E-state index in [0.717, 1.165) is 24.6 Å². The number of hydrogen-bond donors (Lipinski definition) is 1. The molecule has 0 saturated carbocycles. The Kier molecular flexibility index (Phi) is 4.69. The van der Waals surface area contributed by atoms with Crippen molar-refractivity contribution in [2.24, 2.45) is 0 Å². The summed E-state index contributed by atoms with van der Waals surface area (Å²) in [7, 11) is 0. The predicted octanol–water partition coefficient (Wildman–Crippen LogP) is 3.84. The first kappa shape index (κ1) is 14.5. The van der Waals surface area contributed by atoms with Crippen LogP contribution in [0.25, 0.3) is 0 Å². The van der Waals surface area contributed by atoms with E-state index >= 15 is 0 Å². The van der Waals surface area contributed by atoms with Crippen molar-refractivity contribution in [2.45, 2.75) is 19.4 Å². The van der Waals surface area contributed by atoms with Crippen LogP contribution in [0.1, 0.15) is 30.6 Å². The maximum absolute atomic E-state index is 13.2. The molecular weight excluding hydrogens is 262 g/mol. The van der Waals surface area contributed by atoms with Crippen molar-refractivity contribution in [1.29, 1.82) is 0 Å². The van der Waals surface area contributed by atoms with Gasteiger partial charge >= 0.3 is 0 Å². The largest absolute Gasteiger partial charge is 0.493 e. The van der Waals surface area contributed by atoms with Crippen LogP contribution in [0.3, 0.4) is 0 Å². The summed E-state index contributed by atoms with van der Waals surface area (Å²) in [5.74, 6) is -0.913. The summed E-state index contributed by atoms with van der Waals surface area (Å²) in [4.78, 5) is 0. The van der Waals surface area contributed by atoms with E-state index in [-0.39, 0.29) is 5.56 Å². The van der Waals surface area contributed by atoms with Crippen LogP contribution in [-0.2, 0) is 0 Å². The predicted molar refractivity (Wildman–Crippen MR) is 72.6 cm³/mol. The van der Waals surface area contributed by atoms with Crippen LogP contribution in [0.2, 0.25) is 0 Å². The summed E-state index contributed by atoms with van der Waals surface area (Å²) < 4.78 is 32.0. The SMILES string of the molecule is CCCOc1ccccc1C(O)c1cc(F)cc(F)c1. The van der Waals surface area contributed by atoms with Crippen molar-refractivity contribution in [2.75, 3.05) is 6.61 Å². The first-order valence-corrected chi connectivity index (χ1v) is 6.47. The van der Waals surface area contributed by atoms with E-state index in [9.17, 15) is 13.9 Å². The minimum absolute atomic E-state index is 0.162. The fourth-order valence-electron chi connectivity index (χ4n) is 1.96. The Morgan fingerprint density at radius 2 is 1.75 bits per heavy atom. The Balaban J connectivity index is 2.34. The van der Waals surface area contributed by atoms with Crippen LogP contribution >= 0.6 is 0 Å². The Labute approximate surface area is 116 Å². The lowest BCUT2D eigenvalue weighted by molar-refractivity contribution is 0.209. The highest BCUT2D eigenvalue weighted by Gasteiger charge is 2.17. The topological polar surface area (TPSA) is 29.5 Å². The quantitative estimate of drug-likeness (QED) is 0.900. The van der Waals surface area contributed by atoms with Gasteiger partial charge in [-0.2, -0.15) is 0 Å². The van der Waals surface area contributed by atoms with Crippen LogP contribution in [0, 0.1) is 11.6 Å². The van der Waals surface area contributed by atoms with Gasteiger partial charge in [-0.1, -0.05) is 25.1 Å². The summed E-state index contributed by atoms with van der Waals surface area (Å²) in [5, 5.41) is 10.3. The molecular formula is C16H16F2O2. The second-order valence-corrected chi connectivity index (χ2v) is 4.49. The van der Waals surface area contributed by atoms with E-state index in [0.29, 0.717) is 17.9 Å². The fraction of sp³-hybridized carbons (Fsp3) is 0.250. The molecule has 0 aliphatic heterocycles. The normalized spacial score (nSPS) is 12.2. The zero-order valence-corrected chi connectivity index (χ0v) is 11.1. The van der Waals surface area contributed by atoms with Gasteiger partial charge in [-0.15, -0.1) is 0 Å². The molecule has 0 aliphatic rings. The van der Waals surface area contributed by atoms with Crippen molar-refractivity contribution >= 4 is 0 Å². The molecule has 2 rings (SSSR count). The third-order valence-electron chi connectivity index (χ3n) is 2.88. The Hall–Kier alpha value is -1.94. The molecule has 106 valence electrons. The van der Waals surface area contributed by atoms with E-state index < -0.39 is 17.7 Å². The number of hydrogen-bond acceptors (Lipinski definition) is 2. The monoisotopic (exact) mass is 278 g/mol. The van der Waals surface area contributed by atoms with Gasteiger partial charge in [0.15, 0.2) is 0 Å². The zero-order chi connectivity index (χ0) is 14.5. The van der Waals surface area contributed by atoms with Crippen molar-refractivity contribution in [3.63, 3.8) is 0 Å². The second-order valence-electron chi connectivity index (χ2n) is 4.49. The molecule has 4 heteroatoms. The Morgan fingerprint density at radius 3 is 2.40 bits per heavy atom. The summed E-state index contributed by atoms with van der Waals surface area (Å²) in [6, 6.07) is 9.94. The van der Waals surface area contributed by atoms with Crippen molar-refractivity contribution < 1.29 is 18.6 Å². The average molecular weight is 278 g/mol. The van der Waals surface area contributed by atoms with Crippen LogP contribution < -0.4 is 4.74 Å². The minimum Gasteiger partial charge on any atom is -0.493 e. The van der Waals surface area contributed by atoms with Crippen LogP contribution in [-0.4, -0.2) is 11.7 Å². The summed E-state index contributed by atoms with van der Waals surface area (Å²) in [5.41, 5.74) is 0.654. The minimum atomic E-state index is -1.13. The van der Waals surface area contributed by atoms with Gasteiger partial charge in [-0.25, -0.2) is 8.78 Å². The van der Waals surface area contributed by atoms with Gasteiger partial charge in [0.25, 0.3) is 0 Å². The molecule has 0 spiro atoms. The lowest BCUT2D eigenvalue weighted by Gasteiger charge is -2.16. The molecule has 2 nitrogen and oxygen atoms in total. The molecule has 0 bridgehead atoms. The number of halogens is 2. The molecule has 0 saturated heterocycles. The number of ether oxygens (including phenoxy) is 1. The van der Waals surface area contributed by atoms with Gasteiger partial charge < -0.3 is 9.84 Å². The van der Waals surface area contributed by atoms with Crippen LogP contribution in [0.4, 0.5) is 8.78 Å². The molecule has 1 N–H and O–H groups in total. The molecule has 0 radical (unpaired) electrons. The van der Waals surface area contributed by atoms with Crippen LogP contribution in [0.5, 0.6) is 5.75 Å². The second kappa shape index (κ2) is 6.48. The number of aliphatic hydroxyl groups excluding tert-OH is 1. The number of para-hydroxylation sites is 1. The standard InChI is InChI=1S/C16H16F2O2/c1-2-7-20-15-6-4-3-5-14(15)16(19)11-8-12(17)10-13(18)9-11/h3-6,8-10,16,19H,2,7H2,1H3. The third-order valence-corrected chi connectivity index (χ3v) is 2.88. The van der Waals surface area contributed by atoms with Gasteiger partial charge in [0, 0.05) is 11.6 Å². The third kappa shape index (κ3) is 3.33. The highest BCUT2D eigenvalue weighted by atomic mass is 19.1. The molecule has 2 aromatic carbocycles.